The second-order valence-electron chi connectivity index (χ2n) is 4.12. The molecule has 2 aromatic carbocycles. The molecule has 0 nitrogen and oxygen atoms in total. The Bertz CT molecular complexity index is 635. The third kappa shape index (κ3) is 1.77. The Morgan fingerprint density at radius 1 is 0.882 bits per heavy atom. The van der Waals surface area contributed by atoms with Crippen LogP contribution in [0.5, 0.6) is 0 Å². The lowest BCUT2D eigenvalue weighted by Gasteiger charge is -2.02. The molecule has 0 aliphatic rings. The third-order valence-corrected chi connectivity index (χ3v) is 4.37. The molecule has 84 valence electrons. The molecule has 17 heavy (non-hydrogen) atoms. The van der Waals surface area contributed by atoms with Gasteiger partial charge in [-0.15, -0.1) is 11.3 Å². The molecule has 1 aromatic heterocycles. The molecule has 0 N–H and O–H groups in total. The van der Waals surface area contributed by atoms with Crippen LogP contribution in [-0.4, -0.2) is 0 Å². The quantitative estimate of drug-likeness (QED) is 0.580. The molecule has 3 aromatic rings. The van der Waals surface area contributed by atoms with Crippen LogP contribution in [0.4, 0.5) is 0 Å². The van der Waals surface area contributed by atoms with Crippen molar-refractivity contribution in [2.24, 2.45) is 0 Å². The maximum absolute atomic E-state index is 2.23. The molecule has 0 saturated heterocycles. The van der Waals surface area contributed by atoms with E-state index in [-0.39, 0.29) is 0 Å². The molecule has 0 aliphatic heterocycles. The van der Waals surface area contributed by atoms with Crippen LogP contribution in [-0.2, 0) is 6.42 Å². The van der Waals surface area contributed by atoms with Crippen LogP contribution in [0.2, 0.25) is 0 Å². The molecular formula is C16H14S. The van der Waals surface area contributed by atoms with Crippen molar-refractivity contribution in [2.45, 2.75) is 13.3 Å². The zero-order valence-electron chi connectivity index (χ0n) is 9.81. The average molecular weight is 238 g/mol. The van der Waals surface area contributed by atoms with Crippen molar-refractivity contribution in [3.05, 3.63) is 59.5 Å². The minimum absolute atomic E-state index is 1.10. The zero-order valence-corrected chi connectivity index (χ0v) is 10.6. The van der Waals surface area contributed by atoms with Crippen molar-refractivity contribution in [2.75, 3.05) is 0 Å². The molecule has 0 fully saturated rings. The van der Waals surface area contributed by atoms with Gasteiger partial charge in [0.15, 0.2) is 0 Å². The third-order valence-electron chi connectivity index (χ3n) is 3.05. The summed E-state index contributed by atoms with van der Waals surface area (Å²) < 4.78 is 1.39. The van der Waals surface area contributed by atoms with Crippen molar-refractivity contribution in [1.82, 2.24) is 0 Å². The largest absolute Gasteiger partial charge is 0.140 e. The lowest BCUT2D eigenvalue weighted by Crippen LogP contribution is -1.80. The Morgan fingerprint density at radius 2 is 1.59 bits per heavy atom. The summed E-state index contributed by atoms with van der Waals surface area (Å²) in [5.74, 6) is 0. The fourth-order valence-electron chi connectivity index (χ4n) is 2.27. The van der Waals surface area contributed by atoms with Gasteiger partial charge in [0, 0.05) is 20.5 Å². The summed E-state index contributed by atoms with van der Waals surface area (Å²) in [5.41, 5.74) is 2.76. The van der Waals surface area contributed by atoms with E-state index in [2.05, 4.69) is 61.5 Å². The molecule has 1 heteroatoms. The molecule has 0 atom stereocenters. The predicted molar refractivity (Wildman–Crippen MR) is 76.6 cm³/mol. The Hall–Kier alpha value is -1.60. The summed E-state index contributed by atoms with van der Waals surface area (Å²) in [6, 6.07) is 19.4. The van der Waals surface area contributed by atoms with Gasteiger partial charge in [-0.05, 0) is 18.1 Å². The molecule has 0 saturated carbocycles. The second kappa shape index (κ2) is 4.34. The smallest absolute Gasteiger partial charge is 0.0352 e. The molecule has 0 aliphatic carbocycles. The van der Waals surface area contributed by atoms with Crippen LogP contribution < -0.4 is 0 Å². The van der Waals surface area contributed by atoms with Crippen LogP contribution in [0, 0.1) is 0 Å². The number of rotatable bonds is 2. The average Bonchev–Trinajstić information content (AvgIpc) is 2.78. The molecule has 1 heterocycles. The lowest BCUT2D eigenvalue weighted by atomic mass is 10.0. The van der Waals surface area contributed by atoms with Crippen molar-refractivity contribution in [3.8, 4) is 11.1 Å². The maximum atomic E-state index is 2.23. The standard InChI is InChI=1S/C16H14S/c1-2-14-16(12-8-4-3-5-9-12)13-10-6-7-11-15(13)17-14/h3-11H,2H2,1H3. The first-order chi connectivity index (χ1) is 8.40. The SMILES string of the molecule is CCc1sc2ccccc2c1-c1ccccc1. The number of benzene rings is 2. The summed E-state index contributed by atoms with van der Waals surface area (Å²) in [5, 5.41) is 1.39. The van der Waals surface area contributed by atoms with E-state index in [0.717, 1.165) is 6.42 Å². The summed E-state index contributed by atoms with van der Waals surface area (Å²) in [6.45, 7) is 2.23. The van der Waals surface area contributed by atoms with Gasteiger partial charge in [0.1, 0.15) is 0 Å². The Balaban J connectivity index is 2.34. The molecule has 0 spiro atoms. The maximum Gasteiger partial charge on any atom is 0.0352 e. The molecular weight excluding hydrogens is 224 g/mol. The highest BCUT2D eigenvalue weighted by atomic mass is 32.1. The highest BCUT2D eigenvalue weighted by Crippen LogP contribution is 2.38. The van der Waals surface area contributed by atoms with E-state index in [1.54, 1.807) is 0 Å². The summed E-state index contributed by atoms with van der Waals surface area (Å²) >= 11 is 1.92. The molecule has 0 bridgehead atoms. The van der Waals surface area contributed by atoms with Crippen LogP contribution in [0.15, 0.2) is 54.6 Å². The highest BCUT2D eigenvalue weighted by Gasteiger charge is 2.11. The van der Waals surface area contributed by atoms with Crippen LogP contribution in [0.3, 0.4) is 0 Å². The summed E-state index contributed by atoms with van der Waals surface area (Å²) in [6.07, 6.45) is 1.10. The monoisotopic (exact) mass is 238 g/mol. The van der Waals surface area contributed by atoms with Gasteiger partial charge in [0.05, 0.1) is 0 Å². The van der Waals surface area contributed by atoms with Gasteiger partial charge in [-0.3, -0.25) is 0 Å². The number of hydrogen-bond acceptors (Lipinski definition) is 1. The van der Waals surface area contributed by atoms with E-state index in [1.807, 2.05) is 11.3 Å². The minimum atomic E-state index is 1.10. The highest BCUT2D eigenvalue weighted by molar-refractivity contribution is 7.19. The number of hydrogen-bond donors (Lipinski definition) is 0. The van der Waals surface area contributed by atoms with Gasteiger partial charge < -0.3 is 0 Å². The van der Waals surface area contributed by atoms with E-state index in [9.17, 15) is 0 Å². The van der Waals surface area contributed by atoms with Crippen LogP contribution in [0.25, 0.3) is 21.2 Å². The van der Waals surface area contributed by atoms with E-state index in [4.69, 9.17) is 0 Å². The molecule has 3 rings (SSSR count). The first kappa shape index (κ1) is 10.5. The van der Waals surface area contributed by atoms with Gasteiger partial charge >= 0.3 is 0 Å². The van der Waals surface area contributed by atoms with Crippen molar-refractivity contribution >= 4 is 21.4 Å². The first-order valence-electron chi connectivity index (χ1n) is 5.96. The zero-order chi connectivity index (χ0) is 11.7. The van der Waals surface area contributed by atoms with Crippen LogP contribution in [0.1, 0.15) is 11.8 Å². The van der Waals surface area contributed by atoms with Crippen molar-refractivity contribution in [1.29, 1.82) is 0 Å². The van der Waals surface area contributed by atoms with Gasteiger partial charge in [-0.25, -0.2) is 0 Å². The number of fused-ring (bicyclic) bond motifs is 1. The second-order valence-corrected chi connectivity index (χ2v) is 5.25. The lowest BCUT2D eigenvalue weighted by molar-refractivity contribution is 1.19. The fraction of sp³-hybridized carbons (Fsp3) is 0.125. The Kier molecular flexibility index (Phi) is 2.69. The number of thiophene rings is 1. The van der Waals surface area contributed by atoms with Crippen molar-refractivity contribution < 1.29 is 0 Å². The van der Waals surface area contributed by atoms with Gasteiger partial charge in [-0.2, -0.15) is 0 Å². The number of aryl methyl sites for hydroxylation is 1. The Labute approximate surface area is 106 Å². The molecule has 0 amide bonds. The van der Waals surface area contributed by atoms with E-state index in [0.29, 0.717) is 0 Å². The summed E-state index contributed by atoms with van der Waals surface area (Å²) in [7, 11) is 0. The molecule has 0 unspecified atom stereocenters. The van der Waals surface area contributed by atoms with Gasteiger partial charge in [0.25, 0.3) is 0 Å². The van der Waals surface area contributed by atoms with Gasteiger partial charge in [0.2, 0.25) is 0 Å². The first-order valence-corrected chi connectivity index (χ1v) is 6.77. The van der Waals surface area contributed by atoms with Crippen LogP contribution >= 0.6 is 11.3 Å². The summed E-state index contributed by atoms with van der Waals surface area (Å²) in [4.78, 5) is 1.48. The van der Waals surface area contributed by atoms with E-state index < -0.39 is 0 Å². The van der Waals surface area contributed by atoms with Crippen molar-refractivity contribution in [3.63, 3.8) is 0 Å². The predicted octanol–water partition coefficient (Wildman–Crippen LogP) is 5.13. The van der Waals surface area contributed by atoms with E-state index >= 15 is 0 Å². The Morgan fingerprint density at radius 3 is 2.35 bits per heavy atom. The minimum Gasteiger partial charge on any atom is -0.140 e. The van der Waals surface area contributed by atoms with E-state index in [1.165, 1.54) is 26.1 Å². The fourth-order valence-corrected chi connectivity index (χ4v) is 3.43. The topological polar surface area (TPSA) is 0 Å². The normalized spacial score (nSPS) is 10.9. The van der Waals surface area contributed by atoms with Gasteiger partial charge in [-0.1, -0.05) is 55.5 Å². The molecule has 0 radical (unpaired) electrons.